The molecule has 2 aliphatic heterocycles. The topological polar surface area (TPSA) is 162 Å². The number of hydrogen-bond acceptors (Lipinski definition) is 12. The molecule has 2 aliphatic rings. The molecule has 5 rings (SSSR count). The molecule has 262 valence electrons. The lowest BCUT2D eigenvalue weighted by atomic mass is 9.92. The van der Waals surface area contributed by atoms with Gasteiger partial charge in [-0.1, -0.05) is 69.2 Å². The van der Waals surface area contributed by atoms with E-state index in [-0.39, 0.29) is 29.8 Å². The number of phosphoric acid groups is 1. The van der Waals surface area contributed by atoms with Crippen molar-refractivity contribution >= 4 is 30.8 Å². The lowest BCUT2D eigenvalue weighted by Crippen LogP contribution is -2.40. The number of fused-ring (bicyclic) bond motifs is 2. The SMILES string of the molecule is CCCCCCCCCOCCCOP(=O)(OC[C@H]1O[C@@](C#N)(c2ccc3c(N)ncnn23)[C@@H]2OC(C)(C)O[C@@H]21)Oc1ccccc1Cl. The number of ether oxygens (including phenoxy) is 4. The molecule has 2 fully saturated rings. The minimum atomic E-state index is -4.27. The fourth-order valence-corrected chi connectivity index (χ4v) is 7.45. The van der Waals surface area contributed by atoms with Gasteiger partial charge in [0, 0.05) is 13.2 Å². The molecule has 0 saturated carbocycles. The van der Waals surface area contributed by atoms with Crippen LogP contribution < -0.4 is 10.3 Å². The lowest BCUT2D eigenvalue weighted by molar-refractivity contribution is -0.204. The van der Waals surface area contributed by atoms with Crippen LogP contribution in [0.5, 0.6) is 5.75 Å². The molecule has 15 heteroatoms. The molecule has 1 unspecified atom stereocenters. The predicted octanol–water partition coefficient (Wildman–Crippen LogP) is 6.98. The van der Waals surface area contributed by atoms with Gasteiger partial charge in [-0.2, -0.15) is 10.4 Å². The van der Waals surface area contributed by atoms with Crippen molar-refractivity contribution in [1.29, 1.82) is 5.26 Å². The summed E-state index contributed by atoms with van der Waals surface area (Å²) in [5.74, 6) is -0.683. The first-order valence-electron chi connectivity index (χ1n) is 16.6. The third-order valence-corrected chi connectivity index (χ3v) is 9.98. The Hall–Kier alpha value is -2.79. The minimum absolute atomic E-state index is 0.0440. The average molecular weight is 706 g/mol. The number of benzene rings is 1. The smallest absolute Gasteiger partial charge is 0.402 e. The number of nitrogens with zero attached hydrogens (tertiary/aromatic N) is 4. The maximum absolute atomic E-state index is 14.1. The fraction of sp³-hybridized carbons (Fsp3) is 0.606. The van der Waals surface area contributed by atoms with Gasteiger partial charge in [0.25, 0.3) is 0 Å². The molecule has 2 saturated heterocycles. The van der Waals surface area contributed by atoms with Crippen LogP contribution in [0.1, 0.15) is 77.8 Å². The Labute approximate surface area is 286 Å². The number of anilines is 1. The standard InChI is InChI=1S/C33H45ClN5O8P/c1-4-5-6-7-8-9-12-18-41-19-13-20-42-48(40,47-26-15-11-10-14-24(26)34)43-21-27-29-30(46-32(2,3)45-29)33(22-35,44-27)28-17-16-25-31(36)37-23-38-39(25)28/h10-11,14-17,23,27,29-30H,4-9,12-13,18-21H2,1-3H3,(H2,36,37,38)/t27-,29-,30-,33+,48?/m1/s1. The molecule has 4 heterocycles. The summed E-state index contributed by atoms with van der Waals surface area (Å²) in [5.41, 5.74) is 5.25. The van der Waals surface area contributed by atoms with Gasteiger partial charge in [-0.25, -0.2) is 14.1 Å². The number of nitrogens with two attached hydrogens (primary N) is 1. The van der Waals surface area contributed by atoms with E-state index in [4.69, 9.17) is 49.9 Å². The average Bonchev–Trinajstić information content (AvgIpc) is 3.72. The van der Waals surface area contributed by atoms with Crippen LogP contribution >= 0.6 is 19.4 Å². The summed E-state index contributed by atoms with van der Waals surface area (Å²) in [5, 5.41) is 15.1. The van der Waals surface area contributed by atoms with Gasteiger partial charge in [0.15, 0.2) is 11.6 Å². The number of rotatable bonds is 19. The largest absolute Gasteiger partial charge is 0.530 e. The Balaban J connectivity index is 1.25. The Kier molecular flexibility index (Phi) is 12.4. The summed E-state index contributed by atoms with van der Waals surface area (Å²) in [7, 11) is -4.27. The zero-order valence-corrected chi connectivity index (χ0v) is 29.4. The third kappa shape index (κ3) is 8.49. The van der Waals surface area contributed by atoms with Crippen LogP contribution in [0.3, 0.4) is 0 Å². The van der Waals surface area contributed by atoms with Crippen LogP contribution in [0.25, 0.3) is 5.52 Å². The molecule has 0 radical (unpaired) electrons. The van der Waals surface area contributed by atoms with Gasteiger partial charge >= 0.3 is 7.82 Å². The van der Waals surface area contributed by atoms with Crippen molar-refractivity contribution in [2.45, 2.75) is 102 Å². The molecule has 0 bridgehead atoms. The first-order chi connectivity index (χ1) is 23.1. The number of aromatic nitrogens is 3. The van der Waals surface area contributed by atoms with E-state index in [2.05, 4.69) is 23.1 Å². The molecule has 5 atom stereocenters. The highest BCUT2D eigenvalue weighted by Gasteiger charge is 2.65. The van der Waals surface area contributed by atoms with Crippen molar-refractivity contribution in [2.75, 3.05) is 32.2 Å². The molecule has 3 aromatic rings. The van der Waals surface area contributed by atoms with Gasteiger partial charge in [-0.3, -0.25) is 9.05 Å². The summed E-state index contributed by atoms with van der Waals surface area (Å²) < 4.78 is 57.6. The molecule has 2 aromatic heterocycles. The second-order valence-electron chi connectivity index (χ2n) is 12.4. The number of halogens is 1. The normalized spacial score (nSPS) is 24.4. The van der Waals surface area contributed by atoms with E-state index in [1.807, 2.05) is 0 Å². The van der Waals surface area contributed by atoms with Crippen molar-refractivity contribution in [3.63, 3.8) is 0 Å². The van der Waals surface area contributed by atoms with Crippen LogP contribution in [0.15, 0.2) is 42.7 Å². The van der Waals surface area contributed by atoms with Gasteiger partial charge in [-0.15, -0.1) is 0 Å². The summed E-state index contributed by atoms with van der Waals surface area (Å²) in [6, 6.07) is 12.3. The van der Waals surface area contributed by atoms with Crippen molar-refractivity contribution in [2.24, 2.45) is 0 Å². The number of hydrogen-bond donors (Lipinski definition) is 1. The van der Waals surface area contributed by atoms with E-state index < -0.39 is 37.5 Å². The van der Waals surface area contributed by atoms with E-state index in [9.17, 15) is 9.83 Å². The van der Waals surface area contributed by atoms with Crippen LogP contribution in [-0.2, 0) is 38.2 Å². The zero-order chi connectivity index (χ0) is 34.2. The minimum Gasteiger partial charge on any atom is -0.402 e. The Bertz CT molecular complexity index is 1600. The lowest BCUT2D eigenvalue weighted by Gasteiger charge is -2.29. The van der Waals surface area contributed by atoms with Crippen molar-refractivity contribution in [1.82, 2.24) is 14.6 Å². The molecule has 0 aliphatic carbocycles. The summed E-state index contributed by atoms with van der Waals surface area (Å²) in [6.07, 6.45) is 7.60. The van der Waals surface area contributed by atoms with Gasteiger partial charge in [-0.05, 0) is 51.0 Å². The van der Waals surface area contributed by atoms with E-state index in [0.29, 0.717) is 30.8 Å². The van der Waals surface area contributed by atoms with Crippen LogP contribution in [-0.4, -0.2) is 65.1 Å². The van der Waals surface area contributed by atoms with E-state index >= 15 is 0 Å². The molecule has 0 amide bonds. The van der Waals surface area contributed by atoms with Crippen LogP contribution in [0.4, 0.5) is 5.82 Å². The van der Waals surface area contributed by atoms with Crippen molar-refractivity contribution in [3.8, 4) is 11.8 Å². The summed E-state index contributed by atoms with van der Waals surface area (Å²) in [4.78, 5) is 4.03. The number of nitrogen functional groups attached to an aromatic ring is 1. The van der Waals surface area contributed by atoms with Crippen LogP contribution in [0.2, 0.25) is 5.02 Å². The second kappa shape index (κ2) is 16.3. The third-order valence-electron chi connectivity index (χ3n) is 8.28. The molecule has 48 heavy (non-hydrogen) atoms. The van der Waals surface area contributed by atoms with Crippen molar-refractivity contribution in [3.05, 3.63) is 53.4 Å². The zero-order valence-electron chi connectivity index (χ0n) is 27.7. The number of phosphoric ester groups is 1. The quantitative estimate of drug-likeness (QED) is 0.101. The summed E-state index contributed by atoms with van der Waals surface area (Å²) >= 11 is 6.32. The van der Waals surface area contributed by atoms with Gasteiger partial charge in [0.05, 0.1) is 23.9 Å². The maximum Gasteiger partial charge on any atom is 0.530 e. The van der Waals surface area contributed by atoms with Crippen LogP contribution in [0, 0.1) is 11.3 Å². The molecule has 13 nitrogen and oxygen atoms in total. The number of nitriles is 1. The molecule has 0 spiro atoms. The maximum atomic E-state index is 14.1. The van der Waals surface area contributed by atoms with E-state index in [0.717, 1.165) is 12.8 Å². The van der Waals surface area contributed by atoms with Gasteiger partial charge < -0.3 is 29.2 Å². The predicted molar refractivity (Wildman–Crippen MR) is 178 cm³/mol. The first kappa shape index (κ1) is 36.5. The number of unbranched alkanes of at least 4 members (excludes halogenated alkanes) is 6. The van der Waals surface area contributed by atoms with Gasteiger partial charge in [0.1, 0.15) is 42.0 Å². The highest BCUT2D eigenvalue weighted by atomic mass is 35.5. The molecule has 2 N–H and O–H groups in total. The highest BCUT2D eigenvalue weighted by molar-refractivity contribution is 7.48. The molecular formula is C33H45ClN5O8P. The second-order valence-corrected chi connectivity index (χ2v) is 14.4. The molecular weight excluding hydrogens is 661 g/mol. The summed E-state index contributed by atoms with van der Waals surface area (Å²) in [6.45, 7) is 6.52. The van der Waals surface area contributed by atoms with E-state index in [1.54, 1.807) is 50.2 Å². The first-order valence-corrected chi connectivity index (χ1v) is 18.4. The van der Waals surface area contributed by atoms with Crippen molar-refractivity contribution < 1.29 is 37.1 Å². The molecule has 1 aromatic carbocycles. The Morgan fingerprint density at radius 1 is 1.00 bits per heavy atom. The Morgan fingerprint density at radius 3 is 2.52 bits per heavy atom. The van der Waals surface area contributed by atoms with E-state index in [1.165, 1.54) is 42.9 Å². The number of para-hydroxylation sites is 1. The highest BCUT2D eigenvalue weighted by Crippen LogP contribution is 2.54. The Morgan fingerprint density at radius 2 is 1.75 bits per heavy atom. The monoisotopic (exact) mass is 705 g/mol. The fourth-order valence-electron chi connectivity index (χ4n) is 5.96. The van der Waals surface area contributed by atoms with Gasteiger partial charge in [0.2, 0.25) is 5.60 Å².